The maximum absolute atomic E-state index is 11.2. The molecule has 2 aromatic rings. The van der Waals surface area contributed by atoms with E-state index >= 15 is 0 Å². The summed E-state index contributed by atoms with van der Waals surface area (Å²) in [5.41, 5.74) is 0. The summed E-state index contributed by atoms with van der Waals surface area (Å²) in [5, 5.41) is 17.4. The number of rotatable bonds is 4. The fourth-order valence-corrected chi connectivity index (χ4v) is 1.14. The summed E-state index contributed by atoms with van der Waals surface area (Å²) in [4.78, 5) is 21.0. The monoisotopic (exact) mass is 253 g/mol. The van der Waals surface area contributed by atoms with E-state index in [0.717, 1.165) is 6.07 Å². The molecular formula is C9H7N3O6. The number of nitrogens with zero attached hydrogens (tertiary/aromatic N) is 3. The summed E-state index contributed by atoms with van der Waals surface area (Å²) in [6.45, 7) is 1.80. The molecule has 0 fully saturated rings. The standard InChI is InChI=1S/C9H7N3O6/c1-2-16-9(13)8-11-10-7(18-8)5-3-4-6(17-5)12(14)15/h3-4H,2H2,1H3. The maximum atomic E-state index is 11.2. The van der Waals surface area contributed by atoms with E-state index in [-0.39, 0.29) is 24.1 Å². The molecule has 0 spiro atoms. The fourth-order valence-electron chi connectivity index (χ4n) is 1.14. The smallest absolute Gasteiger partial charge is 0.433 e. The van der Waals surface area contributed by atoms with Gasteiger partial charge in [-0.1, -0.05) is 0 Å². The Bertz CT molecular complexity index is 587. The first kappa shape index (κ1) is 11.8. The minimum absolute atomic E-state index is 0.00440. The summed E-state index contributed by atoms with van der Waals surface area (Å²) in [6.07, 6.45) is 0. The predicted molar refractivity (Wildman–Crippen MR) is 54.6 cm³/mol. The number of carbonyl (C=O) groups excluding carboxylic acids is 1. The van der Waals surface area contributed by atoms with E-state index in [2.05, 4.69) is 14.9 Å². The van der Waals surface area contributed by atoms with Crippen LogP contribution in [0.15, 0.2) is 21.0 Å². The van der Waals surface area contributed by atoms with Crippen molar-refractivity contribution < 1.29 is 23.3 Å². The second-order valence-corrected chi connectivity index (χ2v) is 3.03. The van der Waals surface area contributed by atoms with Crippen molar-refractivity contribution in [3.8, 4) is 11.7 Å². The molecule has 9 heteroatoms. The Kier molecular flexibility index (Phi) is 3.04. The largest absolute Gasteiger partial charge is 0.459 e. The molecule has 0 aliphatic carbocycles. The third kappa shape index (κ3) is 2.19. The molecule has 0 unspecified atom stereocenters. The van der Waals surface area contributed by atoms with E-state index in [9.17, 15) is 14.9 Å². The maximum Gasteiger partial charge on any atom is 0.433 e. The Balaban J connectivity index is 2.23. The van der Waals surface area contributed by atoms with E-state index in [1.165, 1.54) is 6.07 Å². The van der Waals surface area contributed by atoms with Gasteiger partial charge in [0.2, 0.25) is 0 Å². The Hall–Kier alpha value is -2.71. The topological polar surface area (TPSA) is 122 Å². The van der Waals surface area contributed by atoms with Crippen molar-refractivity contribution in [1.29, 1.82) is 0 Å². The van der Waals surface area contributed by atoms with E-state index in [1.807, 2.05) is 0 Å². The average Bonchev–Trinajstić information content (AvgIpc) is 2.98. The molecule has 0 amide bonds. The number of hydrogen-bond acceptors (Lipinski definition) is 8. The van der Waals surface area contributed by atoms with Crippen molar-refractivity contribution in [2.45, 2.75) is 6.92 Å². The average molecular weight is 253 g/mol. The zero-order chi connectivity index (χ0) is 13.1. The third-order valence-corrected chi connectivity index (χ3v) is 1.86. The first-order valence-corrected chi connectivity index (χ1v) is 4.87. The van der Waals surface area contributed by atoms with Crippen LogP contribution in [0.25, 0.3) is 11.7 Å². The molecule has 2 heterocycles. The Labute approximate surface area is 99.5 Å². The first-order chi connectivity index (χ1) is 8.61. The van der Waals surface area contributed by atoms with Gasteiger partial charge in [0.25, 0.3) is 5.89 Å². The third-order valence-electron chi connectivity index (χ3n) is 1.86. The van der Waals surface area contributed by atoms with Gasteiger partial charge < -0.3 is 13.6 Å². The van der Waals surface area contributed by atoms with E-state index in [0.29, 0.717) is 0 Å². The van der Waals surface area contributed by atoms with Crippen molar-refractivity contribution in [2.75, 3.05) is 6.61 Å². The van der Waals surface area contributed by atoms with Gasteiger partial charge in [0.15, 0.2) is 5.76 Å². The normalized spacial score (nSPS) is 10.3. The highest BCUT2D eigenvalue weighted by atomic mass is 16.6. The molecule has 2 rings (SSSR count). The molecule has 0 atom stereocenters. The van der Waals surface area contributed by atoms with Gasteiger partial charge in [0.1, 0.15) is 4.92 Å². The molecule has 0 aliphatic heterocycles. The summed E-state index contributed by atoms with van der Waals surface area (Å²) in [7, 11) is 0. The van der Waals surface area contributed by atoms with Crippen molar-refractivity contribution in [3.05, 3.63) is 28.1 Å². The van der Waals surface area contributed by atoms with Crippen LogP contribution in [-0.2, 0) is 4.74 Å². The highest BCUT2D eigenvalue weighted by molar-refractivity contribution is 5.84. The van der Waals surface area contributed by atoms with Gasteiger partial charge in [0, 0.05) is 0 Å². The number of esters is 1. The molecule has 0 aromatic carbocycles. The van der Waals surface area contributed by atoms with E-state index in [4.69, 9.17) is 8.83 Å². The number of furan rings is 1. The van der Waals surface area contributed by atoms with Crippen LogP contribution in [0.2, 0.25) is 0 Å². The Morgan fingerprint density at radius 3 is 2.83 bits per heavy atom. The van der Waals surface area contributed by atoms with Crippen LogP contribution in [-0.4, -0.2) is 27.7 Å². The number of nitro groups is 1. The van der Waals surface area contributed by atoms with Gasteiger partial charge in [0.05, 0.1) is 12.7 Å². The molecule has 0 bridgehead atoms. The summed E-state index contributed by atoms with van der Waals surface area (Å²) in [5.74, 6) is -1.69. The molecular weight excluding hydrogens is 246 g/mol. The van der Waals surface area contributed by atoms with Gasteiger partial charge in [-0.15, -0.1) is 10.2 Å². The highest BCUT2D eigenvalue weighted by Gasteiger charge is 2.21. The molecule has 0 N–H and O–H groups in total. The first-order valence-electron chi connectivity index (χ1n) is 4.87. The van der Waals surface area contributed by atoms with Gasteiger partial charge in [-0.25, -0.2) is 4.79 Å². The Morgan fingerprint density at radius 1 is 1.44 bits per heavy atom. The van der Waals surface area contributed by atoms with Crippen LogP contribution in [0.5, 0.6) is 0 Å². The lowest BCUT2D eigenvalue weighted by atomic mass is 10.4. The second-order valence-electron chi connectivity index (χ2n) is 3.03. The zero-order valence-electron chi connectivity index (χ0n) is 9.15. The van der Waals surface area contributed by atoms with E-state index in [1.54, 1.807) is 6.92 Å². The molecule has 9 nitrogen and oxygen atoms in total. The van der Waals surface area contributed by atoms with Crippen molar-refractivity contribution in [3.63, 3.8) is 0 Å². The van der Waals surface area contributed by atoms with Gasteiger partial charge in [-0.2, -0.15) is 0 Å². The van der Waals surface area contributed by atoms with Gasteiger partial charge in [-0.05, 0) is 13.0 Å². The molecule has 0 saturated carbocycles. The lowest BCUT2D eigenvalue weighted by molar-refractivity contribution is -0.401. The Morgan fingerprint density at radius 2 is 2.22 bits per heavy atom. The highest BCUT2D eigenvalue weighted by Crippen LogP contribution is 2.24. The minimum Gasteiger partial charge on any atom is -0.459 e. The SMILES string of the molecule is CCOC(=O)c1nnc(-c2ccc([N+](=O)[O-])o2)o1. The number of ether oxygens (including phenoxy) is 1. The van der Waals surface area contributed by atoms with Crippen LogP contribution >= 0.6 is 0 Å². The molecule has 0 aliphatic rings. The summed E-state index contributed by atoms with van der Waals surface area (Å²) >= 11 is 0. The van der Waals surface area contributed by atoms with Crippen LogP contribution in [0, 0.1) is 10.1 Å². The van der Waals surface area contributed by atoms with Gasteiger partial charge >= 0.3 is 17.7 Å². The number of carbonyl (C=O) groups is 1. The predicted octanol–water partition coefficient (Wildman–Crippen LogP) is 1.41. The van der Waals surface area contributed by atoms with Crippen LogP contribution in [0.1, 0.15) is 17.6 Å². The lowest BCUT2D eigenvalue weighted by Gasteiger charge is -1.93. The number of aromatic nitrogens is 2. The lowest BCUT2D eigenvalue weighted by Crippen LogP contribution is -2.04. The summed E-state index contributed by atoms with van der Waals surface area (Å²) < 4.78 is 14.4. The molecule has 94 valence electrons. The number of hydrogen-bond donors (Lipinski definition) is 0. The second kappa shape index (κ2) is 4.65. The molecule has 0 radical (unpaired) electrons. The molecule has 2 aromatic heterocycles. The molecule has 0 saturated heterocycles. The van der Waals surface area contributed by atoms with Crippen molar-refractivity contribution in [1.82, 2.24) is 10.2 Å². The van der Waals surface area contributed by atoms with Crippen LogP contribution in [0.3, 0.4) is 0 Å². The van der Waals surface area contributed by atoms with Crippen LogP contribution in [0.4, 0.5) is 5.88 Å². The molecule has 18 heavy (non-hydrogen) atoms. The van der Waals surface area contributed by atoms with E-state index < -0.39 is 16.8 Å². The minimum atomic E-state index is -0.766. The van der Waals surface area contributed by atoms with Crippen molar-refractivity contribution in [2.24, 2.45) is 0 Å². The quantitative estimate of drug-likeness (QED) is 0.455. The zero-order valence-corrected chi connectivity index (χ0v) is 9.15. The summed E-state index contributed by atoms with van der Waals surface area (Å²) in [6, 6.07) is 2.43. The fraction of sp³-hybridized carbons (Fsp3) is 0.222. The van der Waals surface area contributed by atoms with Crippen molar-refractivity contribution >= 4 is 11.9 Å². The van der Waals surface area contributed by atoms with Gasteiger partial charge in [-0.3, -0.25) is 10.1 Å². The van der Waals surface area contributed by atoms with Crippen LogP contribution < -0.4 is 0 Å².